The number of sulfonamides is 1. The van der Waals surface area contributed by atoms with Crippen LogP contribution in [0.25, 0.3) is 11.0 Å². The van der Waals surface area contributed by atoms with Crippen molar-refractivity contribution < 1.29 is 8.42 Å². The molecule has 2 aromatic heterocycles. The molecule has 25 heavy (non-hydrogen) atoms. The van der Waals surface area contributed by atoms with Gasteiger partial charge in [0.15, 0.2) is 0 Å². The number of nitrogens with one attached hydrogen (secondary N) is 2. The van der Waals surface area contributed by atoms with Gasteiger partial charge in [0, 0.05) is 36.9 Å². The van der Waals surface area contributed by atoms with Gasteiger partial charge in [0.2, 0.25) is 10.0 Å². The van der Waals surface area contributed by atoms with Crippen LogP contribution in [0.1, 0.15) is 38.5 Å². The summed E-state index contributed by atoms with van der Waals surface area (Å²) in [5, 5.41) is 4.23. The minimum atomic E-state index is -3.45. The van der Waals surface area contributed by atoms with E-state index in [9.17, 15) is 8.42 Å². The van der Waals surface area contributed by atoms with E-state index in [1.165, 1.54) is 25.7 Å². The van der Waals surface area contributed by atoms with Gasteiger partial charge in [-0.25, -0.2) is 13.4 Å². The first-order chi connectivity index (χ1) is 12.1. The van der Waals surface area contributed by atoms with Crippen molar-refractivity contribution in [1.29, 1.82) is 0 Å². The van der Waals surface area contributed by atoms with Gasteiger partial charge < -0.3 is 10.3 Å². The zero-order chi connectivity index (χ0) is 17.3. The van der Waals surface area contributed by atoms with Crippen LogP contribution >= 0.6 is 0 Å². The Morgan fingerprint density at radius 2 is 2.04 bits per heavy atom. The normalized spacial score (nSPS) is 23.4. The van der Waals surface area contributed by atoms with E-state index >= 15 is 0 Å². The van der Waals surface area contributed by atoms with Crippen LogP contribution in [0.5, 0.6) is 0 Å². The maximum atomic E-state index is 13.0. The number of aromatic amines is 1. The van der Waals surface area contributed by atoms with Crippen LogP contribution in [0.3, 0.4) is 0 Å². The molecule has 6 nitrogen and oxygen atoms in total. The van der Waals surface area contributed by atoms with Crippen LogP contribution in [0.2, 0.25) is 0 Å². The molecular weight excluding hydrogens is 336 g/mol. The number of pyridine rings is 1. The standard InChI is InChI=1S/C18H26N4O2S/c23-25(24,17-13-21-18-16(17)4-2-10-20-18)22-11-7-14(8-12-22)5-6-15-3-1-9-19-15/h2,4,10,13-15,19H,1,3,5-9,11-12H2,(H,20,21)/t15-/m0/s1. The fourth-order valence-electron chi connectivity index (χ4n) is 4.16. The number of nitrogens with zero attached hydrogens (tertiary/aromatic N) is 2. The van der Waals surface area contributed by atoms with Crippen LogP contribution in [-0.4, -0.2) is 48.4 Å². The van der Waals surface area contributed by atoms with E-state index in [2.05, 4.69) is 15.3 Å². The summed E-state index contributed by atoms with van der Waals surface area (Å²) in [6.07, 6.45) is 10.2. The molecule has 7 heteroatoms. The molecule has 136 valence electrons. The minimum Gasteiger partial charge on any atom is -0.345 e. The number of piperidine rings is 1. The van der Waals surface area contributed by atoms with Gasteiger partial charge in [-0.2, -0.15) is 4.31 Å². The molecule has 2 fully saturated rings. The predicted octanol–water partition coefficient (Wildman–Crippen LogP) is 2.50. The number of rotatable bonds is 5. The van der Waals surface area contributed by atoms with Gasteiger partial charge in [-0.1, -0.05) is 0 Å². The molecule has 2 saturated heterocycles. The third kappa shape index (κ3) is 3.45. The lowest BCUT2D eigenvalue weighted by atomic mass is 9.91. The lowest BCUT2D eigenvalue weighted by Crippen LogP contribution is -2.38. The Balaban J connectivity index is 1.39. The topological polar surface area (TPSA) is 78.1 Å². The maximum absolute atomic E-state index is 13.0. The second-order valence-corrected chi connectivity index (χ2v) is 9.18. The summed E-state index contributed by atoms with van der Waals surface area (Å²) in [6.45, 7) is 2.40. The lowest BCUT2D eigenvalue weighted by molar-refractivity contribution is 0.255. The second-order valence-electron chi connectivity index (χ2n) is 7.27. The van der Waals surface area contributed by atoms with Crippen molar-refractivity contribution in [3.05, 3.63) is 24.5 Å². The zero-order valence-corrected chi connectivity index (χ0v) is 15.3. The van der Waals surface area contributed by atoms with Crippen LogP contribution in [0, 0.1) is 5.92 Å². The van der Waals surface area contributed by atoms with E-state index in [-0.39, 0.29) is 0 Å². The zero-order valence-electron chi connectivity index (χ0n) is 14.4. The van der Waals surface area contributed by atoms with Crippen molar-refractivity contribution in [2.45, 2.75) is 49.5 Å². The summed E-state index contributed by atoms with van der Waals surface area (Å²) in [7, 11) is -3.45. The van der Waals surface area contributed by atoms with Gasteiger partial charge in [-0.05, 0) is 63.1 Å². The smallest absolute Gasteiger partial charge is 0.245 e. The van der Waals surface area contributed by atoms with E-state index in [4.69, 9.17) is 0 Å². The molecule has 0 spiro atoms. The highest BCUT2D eigenvalue weighted by Gasteiger charge is 2.31. The molecular formula is C18H26N4O2S. The highest BCUT2D eigenvalue weighted by Crippen LogP contribution is 2.30. The van der Waals surface area contributed by atoms with Crippen molar-refractivity contribution in [2.24, 2.45) is 5.92 Å². The third-order valence-electron chi connectivity index (χ3n) is 5.69. The number of H-pyrrole nitrogens is 1. The average Bonchev–Trinajstić information content (AvgIpc) is 3.30. The molecule has 4 heterocycles. The molecule has 4 rings (SSSR count). The van der Waals surface area contributed by atoms with Crippen LogP contribution < -0.4 is 5.32 Å². The van der Waals surface area contributed by atoms with Gasteiger partial charge in [-0.3, -0.25) is 0 Å². The predicted molar refractivity (Wildman–Crippen MR) is 97.8 cm³/mol. The highest BCUT2D eigenvalue weighted by molar-refractivity contribution is 7.89. The minimum absolute atomic E-state index is 0.351. The lowest BCUT2D eigenvalue weighted by Gasteiger charge is -2.31. The van der Waals surface area contributed by atoms with Gasteiger partial charge in [-0.15, -0.1) is 0 Å². The fraction of sp³-hybridized carbons (Fsp3) is 0.611. The Morgan fingerprint density at radius 3 is 2.80 bits per heavy atom. The third-order valence-corrected chi connectivity index (χ3v) is 7.63. The van der Waals surface area contributed by atoms with E-state index in [1.54, 1.807) is 22.8 Å². The Kier molecular flexibility index (Phi) is 4.80. The van der Waals surface area contributed by atoms with E-state index in [0.717, 1.165) is 19.4 Å². The summed E-state index contributed by atoms with van der Waals surface area (Å²) >= 11 is 0. The molecule has 0 saturated carbocycles. The largest absolute Gasteiger partial charge is 0.345 e. The van der Waals surface area contributed by atoms with E-state index in [0.29, 0.717) is 41.0 Å². The molecule has 2 aliphatic heterocycles. The second kappa shape index (κ2) is 7.05. The maximum Gasteiger partial charge on any atom is 0.245 e. The molecule has 0 unspecified atom stereocenters. The molecule has 2 aromatic rings. The first-order valence-corrected chi connectivity index (χ1v) is 10.7. The van der Waals surface area contributed by atoms with Gasteiger partial charge in [0.1, 0.15) is 10.5 Å². The monoisotopic (exact) mass is 362 g/mol. The first-order valence-electron chi connectivity index (χ1n) is 9.30. The molecule has 0 aliphatic carbocycles. The Morgan fingerprint density at radius 1 is 1.20 bits per heavy atom. The fourth-order valence-corrected chi connectivity index (χ4v) is 5.78. The molecule has 0 aromatic carbocycles. The number of aromatic nitrogens is 2. The molecule has 2 N–H and O–H groups in total. The van der Waals surface area contributed by atoms with Crippen molar-refractivity contribution in [3.63, 3.8) is 0 Å². The van der Waals surface area contributed by atoms with Crippen molar-refractivity contribution in [2.75, 3.05) is 19.6 Å². The quantitative estimate of drug-likeness (QED) is 0.857. The summed E-state index contributed by atoms with van der Waals surface area (Å²) in [4.78, 5) is 7.51. The van der Waals surface area contributed by atoms with Gasteiger partial charge >= 0.3 is 0 Å². The summed E-state index contributed by atoms with van der Waals surface area (Å²) in [5.74, 6) is 0.651. The van der Waals surface area contributed by atoms with Crippen LogP contribution in [0.15, 0.2) is 29.4 Å². The van der Waals surface area contributed by atoms with Gasteiger partial charge in [0.25, 0.3) is 0 Å². The summed E-state index contributed by atoms with van der Waals surface area (Å²) < 4.78 is 27.7. The first kappa shape index (κ1) is 17.0. The SMILES string of the molecule is O=S(=O)(c1c[nH]c2ncccc12)N1CCC(CC[C@@H]2CCCN2)CC1. The van der Waals surface area contributed by atoms with E-state index in [1.807, 2.05) is 6.07 Å². The van der Waals surface area contributed by atoms with E-state index < -0.39 is 10.0 Å². The molecule has 2 aliphatic rings. The number of fused-ring (bicyclic) bond motifs is 1. The number of hydrogen-bond donors (Lipinski definition) is 2. The molecule has 0 bridgehead atoms. The summed E-state index contributed by atoms with van der Waals surface area (Å²) in [6, 6.07) is 4.27. The highest BCUT2D eigenvalue weighted by atomic mass is 32.2. The van der Waals surface area contributed by atoms with Crippen molar-refractivity contribution in [1.82, 2.24) is 19.6 Å². The summed E-state index contributed by atoms with van der Waals surface area (Å²) in [5.41, 5.74) is 0.625. The Bertz CT molecular complexity index is 818. The van der Waals surface area contributed by atoms with Crippen molar-refractivity contribution >= 4 is 21.1 Å². The molecule has 1 atom stereocenters. The van der Waals surface area contributed by atoms with Crippen LogP contribution in [-0.2, 0) is 10.0 Å². The van der Waals surface area contributed by atoms with Crippen LogP contribution in [0.4, 0.5) is 0 Å². The Hall–Kier alpha value is -1.44. The Labute approximate surface area is 149 Å². The average molecular weight is 362 g/mol. The number of hydrogen-bond acceptors (Lipinski definition) is 4. The molecule has 0 radical (unpaired) electrons. The van der Waals surface area contributed by atoms with Gasteiger partial charge in [0.05, 0.1) is 0 Å². The molecule has 0 amide bonds. The van der Waals surface area contributed by atoms with Crippen molar-refractivity contribution in [3.8, 4) is 0 Å².